The van der Waals surface area contributed by atoms with Crippen LogP contribution < -0.4 is 5.32 Å². The van der Waals surface area contributed by atoms with Crippen LogP contribution in [0.5, 0.6) is 0 Å². The topological polar surface area (TPSA) is 93.3 Å². The maximum absolute atomic E-state index is 14.8. The number of benzene rings is 1. The maximum atomic E-state index is 14.8. The Morgan fingerprint density at radius 3 is 2.79 bits per heavy atom. The minimum atomic E-state index is -0.616. The van der Waals surface area contributed by atoms with Crippen LogP contribution in [0.15, 0.2) is 41.0 Å². The number of fused-ring (bicyclic) bond motifs is 1. The van der Waals surface area contributed by atoms with E-state index in [0.717, 1.165) is 50.9 Å². The van der Waals surface area contributed by atoms with Gasteiger partial charge in [-0.3, -0.25) is 9.59 Å². The highest BCUT2D eigenvalue weighted by Gasteiger charge is 2.34. The smallest absolute Gasteiger partial charge is 0.290 e. The standard InChI is InChI=1S/C24H26FN5O3/c25-18-11-10-16(15-17(18)22-28-27-21-9-2-1-4-13-30(21)22)26-23(31)19-7-3-5-12-29(19)24(32)20-8-6-14-33-20/h6,8,10-11,14-15,19H,1-5,7,9,12-13H2,(H,26,31). The van der Waals surface area contributed by atoms with Crippen molar-refractivity contribution in [1.82, 2.24) is 19.7 Å². The van der Waals surface area contributed by atoms with Crippen LogP contribution >= 0.6 is 0 Å². The summed E-state index contributed by atoms with van der Waals surface area (Å²) in [5, 5.41) is 11.4. The zero-order valence-electron chi connectivity index (χ0n) is 18.3. The number of piperidine rings is 1. The van der Waals surface area contributed by atoms with Gasteiger partial charge in [-0.05, 0) is 62.4 Å². The van der Waals surface area contributed by atoms with Crippen LogP contribution in [0.1, 0.15) is 54.9 Å². The normalized spacial score (nSPS) is 18.5. The first-order valence-corrected chi connectivity index (χ1v) is 11.5. The summed E-state index contributed by atoms with van der Waals surface area (Å²) in [6.07, 6.45) is 7.65. The summed E-state index contributed by atoms with van der Waals surface area (Å²) in [7, 11) is 0. The summed E-state index contributed by atoms with van der Waals surface area (Å²) in [5.74, 6) is 0.544. The number of aryl methyl sites for hydroxylation is 1. The number of carbonyl (C=O) groups excluding carboxylic acids is 2. The Hall–Kier alpha value is -3.49. The lowest BCUT2D eigenvalue weighted by Gasteiger charge is -2.34. The van der Waals surface area contributed by atoms with Gasteiger partial charge in [-0.25, -0.2) is 4.39 Å². The Morgan fingerprint density at radius 1 is 1.06 bits per heavy atom. The van der Waals surface area contributed by atoms with E-state index in [9.17, 15) is 14.0 Å². The Morgan fingerprint density at radius 2 is 1.94 bits per heavy atom. The summed E-state index contributed by atoms with van der Waals surface area (Å²) in [4.78, 5) is 27.5. The van der Waals surface area contributed by atoms with Gasteiger partial charge in [0, 0.05) is 25.2 Å². The number of hydrogen-bond donors (Lipinski definition) is 1. The van der Waals surface area contributed by atoms with Crippen molar-refractivity contribution in [3.8, 4) is 11.4 Å². The van der Waals surface area contributed by atoms with E-state index in [1.807, 2.05) is 4.57 Å². The van der Waals surface area contributed by atoms with Crippen LogP contribution in [-0.4, -0.2) is 44.1 Å². The predicted molar refractivity (Wildman–Crippen MR) is 119 cm³/mol. The van der Waals surface area contributed by atoms with Gasteiger partial charge in [0.05, 0.1) is 11.8 Å². The third-order valence-electron chi connectivity index (χ3n) is 6.38. The van der Waals surface area contributed by atoms with Crippen LogP contribution in [0.3, 0.4) is 0 Å². The second-order valence-electron chi connectivity index (χ2n) is 8.57. The molecule has 1 atom stereocenters. The zero-order chi connectivity index (χ0) is 22.8. The first-order valence-electron chi connectivity index (χ1n) is 11.5. The molecule has 2 aliphatic heterocycles. The van der Waals surface area contributed by atoms with Crippen LogP contribution in [-0.2, 0) is 17.8 Å². The number of hydrogen-bond acceptors (Lipinski definition) is 5. The summed E-state index contributed by atoms with van der Waals surface area (Å²) >= 11 is 0. The number of rotatable bonds is 4. The van der Waals surface area contributed by atoms with Crippen molar-refractivity contribution in [2.24, 2.45) is 0 Å². The number of halogens is 1. The summed E-state index contributed by atoms with van der Waals surface area (Å²) in [6.45, 7) is 1.23. The van der Waals surface area contributed by atoms with Gasteiger partial charge in [-0.1, -0.05) is 6.42 Å². The predicted octanol–water partition coefficient (Wildman–Crippen LogP) is 4.04. The average Bonchev–Trinajstić information content (AvgIpc) is 3.45. The Kier molecular flexibility index (Phi) is 5.93. The van der Waals surface area contributed by atoms with Gasteiger partial charge in [0.25, 0.3) is 5.91 Å². The molecule has 0 radical (unpaired) electrons. The van der Waals surface area contributed by atoms with Crippen molar-refractivity contribution in [1.29, 1.82) is 0 Å². The third-order valence-corrected chi connectivity index (χ3v) is 6.38. The average molecular weight is 452 g/mol. The van der Waals surface area contributed by atoms with E-state index >= 15 is 0 Å². The van der Waals surface area contributed by atoms with Crippen molar-refractivity contribution < 1.29 is 18.4 Å². The van der Waals surface area contributed by atoms with Crippen LogP contribution in [0.4, 0.5) is 10.1 Å². The van der Waals surface area contributed by atoms with Crippen LogP contribution in [0.25, 0.3) is 11.4 Å². The van der Waals surface area contributed by atoms with Crippen molar-refractivity contribution in [2.75, 3.05) is 11.9 Å². The number of nitrogens with one attached hydrogen (secondary N) is 1. The zero-order valence-corrected chi connectivity index (χ0v) is 18.3. The second kappa shape index (κ2) is 9.17. The summed E-state index contributed by atoms with van der Waals surface area (Å²) in [5.41, 5.74) is 0.763. The van der Waals surface area contributed by atoms with E-state index in [1.165, 1.54) is 18.4 Å². The lowest BCUT2D eigenvalue weighted by Crippen LogP contribution is -2.49. The molecule has 0 spiro atoms. The Balaban J connectivity index is 1.38. The fraction of sp³-hybridized carbons (Fsp3) is 0.417. The van der Waals surface area contributed by atoms with Gasteiger partial charge in [-0.15, -0.1) is 10.2 Å². The van der Waals surface area contributed by atoms with E-state index in [2.05, 4.69) is 15.5 Å². The fourth-order valence-corrected chi connectivity index (χ4v) is 4.67. The van der Waals surface area contributed by atoms with Crippen molar-refractivity contribution >= 4 is 17.5 Å². The number of anilines is 1. The molecule has 1 aromatic carbocycles. The van der Waals surface area contributed by atoms with E-state index < -0.39 is 11.9 Å². The molecule has 2 aliphatic rings. The molecule has 5 rings (SSSR count). The first kappa shape index (κ1) is 21.4. The monoisotopic (exact) mass is 451 g/mol. The fourth-order valence-electron chi connectivity index (χ4n) is 4.67. The molecule has 0 bridgehead atoms. The van der Waals surface area contributed by atoms with E-state index in [1.54, 1.807) is 23.1 Å². The molecule has 1 saturated heterocycles. The minimum Gasteiger partial charge on any atom is -0.459 e. The highest BCUT2D eigenvalue weighted by atomic mass is 19.1. The highest BCUT2D eigenvalue weighted by Crippen LogP contribution is 2.28. The minimum absolute atomic E-state index is 0.214. The van der Waals surface area contributed by atoms with Gasteiger partial charge in [0.15, 0.2) is 11.6 Å². The van der Waals surface area contributed by atoms with Crippen LogP contribution in [0, 0.1) is 5.82 Å². The van der Waals surface area contributed by atoms with Crippen LogP contribution in [0.2, 0.25) is 0 Å². The second-order valence-corrected chi connectivity index (χ2v) is 8.57. The van der Waals surface area contributed by atoms with E-state index in [4.69, 9.17) is 4.42 Å². The number of likely N-dealkylation sites (tertiary alicyclic amines) is 1. The molecule has 9 heteroatoms. The number of amides is 2. The molecule has 3 aromatic rings. The van der Waals surface area contributed by atoms with Gasteiger partial charge >= 0.3 is 0 Å². The molecule has 8 nitrogen and oxygen atoms in total. The number of furan rings is 1. The molecular weight excluding hydrogens is 425 g/mol. The molecule has 0 aliphatic carbocycles. The number of nitrogens with zero attached hydrogens (tertiary/aromatic N) is 4. The molecule has 1 unspecified atom stereocenters. The SMILES string of the molecule is O=C(Nc1ccc(F)c(-c2nnc3n2CCCCC3)c1)C1CCCCN1C(=O)c1ccco1. The van der Waals surface area contributed by atoms with Crippen molar-refractivity contribution in [3.05, 3.63) is 54.0 Å². The molecule has 2 aromatic heterocycles. The molecule has 1 N–H and O–H groups in total. The molecule has 33 heavy (non-hydrogen) atoms. The van der Waals surface area contributed by atoms with Gasteiger partial charge in [-0.2, -0.15) is 0 Å². The van der Waals surface area contributed by atoms with Gasteiger partial charge in [0.1, 0.15) is 17.7 Å². The van der Waals surface area contributed by atoms with Crippen molar-refractivity contribution in [2.45, 2.75) is 57.5 Å². The molecule has 1 fully saturated rings. The lowest BCUT2D eigenvalue weighted by atomic mass is 10.0. The van der Waals surface area contributed by atoms with Gasteiger partial charge in [0.2, 0.25) is 5.91 Å². The Bertz CT molecular complexity index is 1160. The maximum Gasteiger partial charge on any atom is 0.290 e. The highest BCUT2D eigenvalue weighted by molar-refractivity contribution is 6.00. The number of carbonyl (C=O) groups is 2. The van der Waals surface area contributed by atoms with Gasteiger partial charge < -0.3 is 19.2 Å². The number of aromatic nitrogens is 3. The summed E-state index contributed by atoms with van der Waals surface area (Å²) in [6, 6.07) is 7.08. The first-order chi connectivity index (χ1) is 16.1. The van der Waals surface area contributed by atoms with E-state index in [0.29, 0.717) is 30.0 Å². The van der Waals surface area contributed by atoms with E-state index in [-0.39, 0.29) is 17.6 Å². The molecule has 2 amide bonds. The lowest BCUT2D eigenvalue weighted by molar-refractivity contribution is -0.121. The quantitative estimate of drug-likeness (QED) is 0.646. The summed E-state index contributed by atoms with van der Waals surface area (Å²) < 4.78 is 22.0. The Labute approximate surface area is 190 Å². The van der Waals surface area contributed by atoms with Crippen molar-refractivity contribution in [3.63, 3.8) is 0 Å². The largest absolute Gasteiger partial charge is 0.459 e. The molecule has 4 heterocycles. The third kappa shape index (κ3) is 4.27. The molecule has 172 valence electrons. The molecular formula is C24H26FN5O3. The molecule has 0 saturated carbocycles.